The number of nitro benzene ring substituents is 1. The molecule has 174 valence electrons. The number of fused-ring (bicyclic) bond motifs is 1. The van der Waals surface area contributed by atoms with E-state index in [0.29, 0.717) is 17.2 Å². The summed E-state index contributed by atoms with van der Waals surface area (Å²) in [5.41, 5.74) is 3.82. The van der Waals surface area contributed by atoms with Crippen molar-refractivity contribution < 1.29 is 9.66 Å². The second-order valence-corrected chi connectivity index (χ2v) is 10.7. The molecule has 0 fully saturated rings. The Morgan fingerprint density at radius 1 is 1.24 bits per heavy atom. The zero-order valence-corrected chi connectivity index (χ0v) is 20.4. The van der Waals surface area contributed by atoms with Gasteiger partial charge in [-0.25, -0.2) is 4.99 Å². The van der Waals surface area contributed by atoms with Gasteiger partial charge in [0.2, 0.25) is 0 Å². The third kappa shape index (κ3) is 5.18. The fraction of sp³-hybridized carbons (Fsp3) is 0.333. The van der Waals surface area contributed by atoms with E-state index in [-0.39, 0.29) is 17.7 Å². The van der Waals surface area contributed by atoms with E-state index < -0.39 is 4.92 Å². The fourth-order valence-electron chi connectivity index (χ4n) is 4.24. The Morgan fingerprint density at radius 3 is 2.65 bits per heavy atom. The molecule has 0 amide bonds. The normalized spacial score (nSPS) is 15.6. The average molecular weight is 474 g/mol. The average Bonchev–Trinajstić information content (AvgIpc) is 3.18. The van der Waals surface area contributed by atoms with E-state index >= 15 is 0 Å². The SMILES string of the molecule is CC(C)(C)[C@@H]1CCc2c(sc(N=Cc3ccccc3OCc3ccc([N+](=O)[O-])cc3)c2C#N)C1. The van der Waals surface area contributed by atoms with Gasteiger partial charge < -0.3 is 4.74 Å². The summed E-state index contributed by atoms with van der Waals surface area (Å²) in [7, 11) is 0. The molecule has 0 bridgehead atoms. The van der Waals surface area contributed by atoms with Crippen LogP contribution in [-0.2, 0) is 19.4 Å². The molecule has 0 spiro atoms. The molecule has 0 radical (unpaired) electrons. The third-order valence-electron chi connectivity index (χ3n) is 6.36. The minimum absolute atomic E-state index is 0.0528. The van der Waals surface area contributed by atoms with E-state index in [1.807, 2.05) is 24.3 Å². The van der Waals surface area contributed by atoms with Crippen LogP contribution in [0.15, 0.2) is 53.5 Å². The van der Waals surface area contributed by atoms with E-state index in [1.54, 1.807) is 29.7 Å². The molecular weight excluding hydrogens is 446 g/mol. The number of rotatable bonds is 6. The van der Waals surface area contributed by atoms with E-state index in [0.717, 1.165) is 35.4 Å². The molecule has 0 aliphatic heterocycles. The van der Waals surface area contributed by atoms with Crippen LogP contribution in [0.4, 0.5) is 10.7 Å². The summed E-state index contributed by atoms with van der Waals surface area (Å²) in [6.45, 7) is 7.14. The van der Waals surface area contributed by atoms with Gasteiger partial charge in [-0.15, -0.1) is 11.3 Å². The van der Waals surface area contributed by atoms with E-state index in [9.17, 15) is 15.4 Å². The number of nitrogens with zero attached hydrogens (tertiary/aromatic N) is 3. The van der Waals surface area contributed by atoms with Gasteiger partial charge in [0.05, 0.1) is 10.5 Å². The van der Waals surface area contributed by atoms with Crippen LogP contribution in [0.1, 0.15) is 54.3 Å². The van der Waals surface area contributed by atoms with Crippen LogP contribution in [-0.4, -0.2) is 11.1 Å². The molecule has 3 aromatic rings. The monoisotopic (exact) mass is 473 g/mol. The maximum Gasteiger partial charge on any atom is 0.269 e. The molecule has 1 aromatic heterocycles. The van der Waals surface area contributed by atoms with Crippen LogP contribution in [0.25, 0.3) is 0 Å². The van der Waals surface area contributed by atoms with Gasteiger partial charge in [-0.05, 0) is 66.0 Å². The van der Waals surface area contributed by atoms with Gasteiger partial charge in [0.1, 0.15) is 23.4 Å². The van der Waals surface area contributed by atoms with Crippen LogP contribution < -0.4 is 4.74 Å². The maximum atomic E-state index is 10.8. The highest BCUT2D eigenvalue weighted by Crippen LogP contribution is 2.44. The van der Waals surface area contributed by atoms with Crippen molar-refractivity contribution in [2.45, 2.75) is 46.6 Å². The van der Waals surface area contributed by atoms with Crippen LogP contribution >= 0.6 is 11.3 Å². The first-order valence-electron chi connectivity index (χ1n) is 11.3. The minimum atomic E-state index is -0.419. The summed E-state index contributed by atoms with van der Waals surface area (Å²) in [5, 5.41) is 21.4. The number of benzene rings is 2. The summed E-state index contributed by atoms with van der Waals surface area (Å²) in [5.74, 6) is 1.27. The van der Waals surface area contributed by atoms with Crippen LogP contribution in [0.2, 0.25) is 0 Å². The standard InChI is InChI=1S/C27H27N3O3S/c1-27(2,3)20-10-13-22-23(15-28)26(34-25(22)14-20)29-16-19-6-4-5-7-24(19)33-17-18-8-11-21(12-9-18)30(31)32/h4-9,11-12,16,20H,10,13-14,17H2,1-3H3/t20-/m1/s1. The summed E-state index contributed by atoms with van der Waals surface area (Å²) < 4.78 is 5.98. The number of nitriles is 1. The Labute approximate surface area is 203 Å². The van der Waals surface area contributed by atoms with Crippen molar-refractivity contribution in [1.29, 1.82) is 5.26 Å². The van der Waals surface area contributed by atoms with Crippen molar-refractivity contribution in [2.24, 2.45) is 16.3 Å². The minimum Gasteiger partial charge on any atom is -0.488 e. The Morgan fingerprint density at radius 2 is 1.97 bits per heavy atom. The van der Waals surface area contributed by atoms with Crippen molar-refractivity contribution in [3.8, 4) is 11.8 Å². The van der Waals surface area contributed by atoms with Gasteiger partial charge in [-0.1, -0.05) is 32.9 Å². The van der Waals surface area contributed by atoms with Crippen molar-refractivity contribution in [1.82, 2.24) is 0 Å². The first-order valence-corrected chi connectivity index (χ1v) is 12.1. The molecule has 0 N–H and O–H groups in total. The molecule has 6 nitrogen and oxygen atoms in total. The number of hydrogen-bond donors (Lipinski definition) is 0. The van der Waals surface area contributed by atoms with Crippen LogP contribution in [0.5, 0.6) is 5.75 Å². The number of aliphatic imine (C=N–C) groups is 1. The predicted molar refractivity (Wildman–Crippen MR) is 135 cm³/mol. The number of nitro groups is 1. The Hall–Kier alpha value is -3.50. The van der Waals surface area contributed by atoms with Crippen molar-refractivity contribution in [2.75, 3.05) is 0 Å². The fourth-order valence-corrected chi connectivity index (χ4v) is 5.46. The molecule has 1 aliphatic rings. The van der Waals surface area contributed by atoms with Gasteiger partial charge >= 0.3 is 0 Å². The Balaban J connectivity index is 1.52. The largest absolute Gasteiger partial charge is 0.488 e. The molecule has 1 aliphatic carbocycles. The lowest BCUT2D eigenvalue weighted by Gasteiger charge is -2.33. The molecule has 0 saturated heterocycles. The molecular formula is C27H27N3O3S. The number of thiophene rings is 1. The van der Waals surface area contributed by atoms with Crippen molar-refractivity contribution >= 4 is 28.2 Å². The molecule has 2 aromatic carbocycles. The summed E-state index contributed by atoms with van der Waals surface area (Å²) in [4.78, 5) is 16.4. The summed E-state index contributed by atoms with van der Waals surface area (Å²) in [6, 6.07) is 16.3. The summed E-state index contributed by atoms with van der Waals surface area (Å²) >= 11 is 1.63. The molecule has 1 heterocycles. The first-order chi connectivity index (χ1) is 16.3. The van der Waals surface area contributed by atoms with Crippen LogP contribution in [0.3, 0.4) is 0 Å². The lowest BCUT2D eigenvalue weighted by atomic mass is 9.72. The number of ether oxygens (including phenoxy) is 1. The quantitative estimate of drug-likeness (QED) is 0.219. The highest BCUT2D eigenvalue weighted by Gasteiger charge is 2.32. The number of hydrogen-bond acceptors (Lipinski definition) is 6. The molecule has 0 unspecified atom stereocenters. The van der Waals surface area contributed by atoms with Crippen LogP contribution in [0, 0.1) is 32.8 Å². The van der Waals surface area contributed by atoms with Crippen molar-refractivity contribution in [3.05, 3.63) is 85.8 Å². The van der Waals surface area contributed by atoms with E-state index in [1.165, 1.54) is 22.6 Å². The van der Waals surface area contributed by atoms with E-state index in [4.69, 9.17) is 9.73 Å². The molecule has 7 heteroatoms. The highest BCUT2D eigenvalue weighted by atomic mass is 32.1. The zero-order valence-electron chi connectivity index (χ0n) is 19.6. The van der Waals surface area contributed by atoms with Gasteiger partial charge in [0.25, 0.3) is 5.69 Å². The topological polar surface area (TPSA) is 88.5 Å². The second-order valence-electron chi connectivity index (χ2n) is 9.61. The lowest BCUT2D eigenvalue weighted by Crippen LogP contribution is -2.26. The lowest BCUT2D eigenvalue weighted by molar-refractivity contribution is -0.384. The zero-order chi connectivity index (χ0) is 24.3. The second kappa shape index (κ2) is 9.78. The first kappa shape index (κ1) is 23.7. The Kier molecular flexibility index (Phi) is 6.80. The van der Waals surface area contributed by atoms with Crippen molar-refractivity contribution in [3.63, 3.8) is 0 Å². The maximum absolute atomic E-state index is 10.8. The highest BCUT2D eigenvalue weighted by molar-refractivity contribution is 7.16. The van der Waals surface area contributed by atoms with Gasteiger partial charge in [0, 0.05) is 28.8 Å². The van der Waals surface area contributed by atoms with E-state index in [2.05, 4.69) is 26.8 Å². The smallest absolute Gasteiger partial charge is 0.269 e. The van der Waals surface area contributed by atoms with Gasteiger partial charge in [-0.3, -0.25) is 10.1 Å². The molecule has 1 atom stereocenters. The molecule has 0 saturated carbocycles. The van der Waals surface area contributed by atoms with Gasteiger partial charge in [-0.2, -0.15) is 5.26 Å². The molecule has 34 heavy (non-hydrogen) atoms. The predicted octanol–water partition coefficient (Wildman–Crippen LogP) is 7.01. The number of para-hydroxylation sites is 1. The third-order valence-corrected chi connectivity index (χ3v) is 7.53. The van der Waals surface area contributed by atoms with Gasteiger partial charge in [0.15, 0.2) is 0 Å². The summed E-state index contributed by atoms with van der Waals surface area (Å²) in [6.07, 6.45) is 4.79. The Bertz CT molecular complexity index is 1260. The molecule has 4 rings (SSSR count). The number of non-ortho nitro benzene ring substituents is 1.